The van der Waals surface area contributed by atoms with Crippen molar-refractivity contribution in [3.8, 4) is 0 Å². The Morgan fingerprint density at radius 3 is 1.71 bits per heavy atom. The minimum absolute atomic E-state index is 0.142. The van der Waals surface area contributed by atoms with Crippen molar-refractivity contribution in [3.63, 3.8) is 0 Å². The van der Waals surface area contributed by atoms with Crippen molar-refractivity contribution in [2.45, 2.75) is 38.6 Å². The molecule has 28 heavy (non-hydrogen) atoms. The average Bonchev–Trinajstić information content (AvgIpc) is 2.73. The van der Waals surface area contributed by atoms with E-state index in [1.807, 2.05) is 11.0 Å². The molecule has 0 spiro atoms. The summed E-state index contributed by atoms with van der Waals surface area (Å²) in [6.07, 6.45) is 1.79. The van der Waals surface area contributed by atoms with E-state index in [2.05, 4.69) is 91.9 Å². The second-order valence-corrected chi connectivity index (χ2v) is 7.41. The number of carbonyl (C=O) groups excluding carboxylic acids is 1. The van der Waals surface area contributed by atoms with Crippen LogP contribution in [0.25, 0.3) is 0 Å². The van der Waals surface area contributed by atoms with Gasteiger partial charge in [0.25, 0.3) is 0 Å². The molecule has 0 radical (unpaired) electrons. The molecule has 1 atom stereocenters. The fourth-order valence-corrected chi connectivity index (χ4v) is 3.92. The predicted molar refractivity (Wildman–Crippen MR) is 116 cm³/mol. The summed E-state index contributed by atoms with van der Waals surface area (Å²) in [7, 11) is 0. The van der Waals surface area contributed by atoms with Crippen LogP contribution in [-0.4, -0.2) is 23.4 Å². The fraction of sp³-hybridized carbons (Fsp3) is 0.269. The summed E-state index contributed by atoms with van der Waals surface area (Å²) in [6.45, 7) is 4.58. The van der Waals surface area contributed by atoms with Gasteiger partial charge in [-0.05, 0) is 36.5 Å². The quantitative estimate of drug-likeness (QED) is 0.498. The number of benzene rings is 3. The molecular formula is C26H29NO. The molecule has 0 N–H and O–H groups in total. The Morgan fingerprint density at radius 2 is 1.25 bits per heavy atom. The van der Waals surface area contributed by atoms with E-state index in [0.717, 1.165) is 19.4 Å². The summed E-state index contributed by atoms with van der Waals surface area (Å²) in [5, 5.41) is 0. The van der Waals surface area contributed by atoms with Gasteiger partial charge >= 0.3 is 0 Å². The molecule has 3 rings (SSSR count). The van der Waals surface area contributed by atoms with Crippen molar-refractivity contribution in [1.82, 2.24) is 4.90 Å². The van der Waals surface area contributed by atoms with Gasteiger partial charge in [-0.2, -0.15) is 0 Å². The van der Waals surface area contributed by atoms with Gasteiger partial charge in [-0.3, -0.25) is 4.79 Å². The smallest absolute Gasteiger partial charge is 0.219 e. The molecular weight excluding hydrogens is 342 g/mol. The minimum atomic E-state index is 0.142. The van der Waals surface area contributed by atoms with E-state index in [4.69, 9.17) is 0 Å². The number of hydrogen-bond acceptors (Lipinski definition) is 1. The first-order valence-corrected chi connectivity index (χ1v) is 10.1. The molecule has 144 valence electrons. The minimum Gasteiger partial charge on any atom is -0.340 e. The molecule has 0 heterocycles. The number of hydrogen-bond donors (Lipinski definition) is 0. The zero-order chi connectivity index (χ0) is 19.8. The Hall–Kier alpha value is -2.87. The SMILES string of the molecule is CC(=O)N(CCC(c1ccccc1)c1ccccc1)C(C)Cc1ccccc1. The standard InChI is InChI=1S/C26H29NO/c1-21(20-23-12-6-3-7-13-23)27(22(2)28)19-18-26(24-14-8-4-9-15-24)25-16-10-5-11-17-25/h3-17,21,26H,18-20H2,1-2H3. The summed E-state index contributed by atoms with van der Waals surface area (Å²) >= 11 is 0. The Balaban J connectivity index is 1.75. The van der Waals surface area contributed by atoms with Gasteiger partial charge in [-0.1, -0.05) is 91.0 Å². The molecule has 0 aliphatic carbocycles. The van der Waals surface area contributed by atoms with Crippen molar-refractivity contribution in [2.75, 3.05) is 6.54 Å². The molecule has 0 saturated carbocycles. The number of rotatable bonds is 8. The summed E-state index contributed by atoms with van der Waals surface area (Å²) < 4.78 is 0. The molecule has 0 aliphatic heterocycles. The van der Waals surface area contributed by atoms with E-state index in [-0.39, 0.29) is 17.9 Å². The van der Waals surface area contributed by atoms with Crippen molar-refractivity contribution >= 4 is 5.91 Å². The van der Waals surface area contributed by atoms with Gasteiger partial charge in [-0.25, -0.2) is 0 Å². The first kappa shape index (κ1) is 19.9. The number of carbonyl (C=O) groups is 1. The summed E-state index contributed by atoms with van der Waals surface area (Å²) in [5.41, 5.74) is 3.87. The molecule has 3 aromatic carbocycles. The predicted octanol–water partition coefficient (Wildman–Crippen LogP) is 5.69. The van der Waals surface area contributed by atoms with E-state index < -0.39 is 0 Å². The van der Waals surface area contributed by atoms with Crippen LogP contribution in [0, 0.1) is 0 Å². The van der Waals surface area contributed by atoms with Crippen LogP contribution in [0.1, 0.15) is 42.9 Å². The van der Waals surface area contributed by atoms with Crippen LogP contribution in [0.2, 0.25) is 0 Å². The van der Waals surface area contributed by atoms with Crippen molar-refractivity contribution in [1.29, 1.82) is 0 Å². The first-order valence-electron chi connectivity index (χ1n) is 10.1. The third-order valence-corrected chi connectivity index (χ3v) is 5.37. The van der Waals surface area contributed by atoms with E-state index in [9.17, 15) is 4.79 Å². The topological polar surface area (TPSA) is 20.3 Å². The van der Waals surface area contributed by atoms with Crippen LogP contribution in [0.5, 0.6) is 0 Å². The molecule has 1 amide bonds. The fourth-order valence-electron chi connectivity index (χ4n) is 3.92. The molecule has 2 nitrogen and oxygen atoms in total. The highest BCUT2D eigenvalue weighted by atomic mass is 16.2. The van der Waals surface area contributed by atoms with Crippen LogP contribution >= 0.6 is 0 Å². The molecule has 0 aromatic heterocycles. The van der Waals surface area contributed by atoms with Crippen molar-refractivity contribution in [3.05, 3.63) is 108 Å². The second-order valence-electron chi connectivity index (χ2n) is 7.41. The van der Waals surface area contributed by atoms with Gasteiger partial charge in [0.15, 0.2) is 0 Å². The number of nitrogens with zero attached hydrogens (tertiary/aromatic N) is 1. The summed E-state index contributed by atoms with van der Waals surface area (Å²) in [5.74, 6) is 0.427. The maximum absolute atomic E-state index is 12.4. The van der Waals surface area contributed by atoms with Crippen LogP contribution in [-0.2, 0) is 11.2 Å². The van der Waals surface area contributed by atoms with Crippen LogP contribution < -0.4 is 0 Å². The number of amides is 1. The second kappa shape index (κ2) is 9.89. The summed E-state index contributed by atoms with van der Waals surface area (Å²) in [6, 6.07) is 31.8. The zero-order valence-electron chi connectivity index (χ0n) is 16.8. The molecule has 1 unspecified atom stereocenters. The highest BCUT2D eigenvalue weighted by molar-refractivity contribution is 5.73. The van der Waals surface area contributed by atoms with E-state index in [1.165, 1.54) is 16.7 Å². The van der Waals surface area contributed by atoms with Gasteiger partial charge < -0.3 is 4.90 Å². The van der Waals surface area contributed by atoms with Crippen LogP contribution in [0.3, 0.4) is 0 Å². The van der Waals surface area contributed by atoms with Crippen molar-refractivity contribution < 1.29 is 4.79 Å². The lowest BCUT2D eigenvalue weighted by atomic mass is 9.88. The van der Waals surface area contributed by atoms with Gasteiger partial charge in [0.1, 0.15) is 0 Å². The third-order valence-electron chi connectivity index (χ3n) is 5.37. The molecule has 2 heteroatoms. The van der Waals surface area contributed by atoms with Crippen LogP contribution in [0.4, 0.5) is 0 Å². The lowest BCUT2D eigenvalue weighted by molar-refractivity contribution is -0.130. The van der Waals surface area contributed by atoms with E-state index in [1.54, 1.807) is 6.92 Å². The Morgan fingerprint density at radius 1 is 0.786 bits per heavy atom. The van der Waals surface area contributed by atoms with Gasteiger partial charge in [0.2, 0.25) is 5.91 Å². The maximum Gasteiger partial charge on any atom is 0.219 e. The normalized spacial score (nSPS) is 12.0. The highest BCUT2D eigenvalue weighted by Gasteiger charge is 2.21. The average molecular weight is 372 g/mol. The van der Waals surface area contributed by atoms with Gasteiger partial charge in [0.05, 0.1) is 0 Å². The van der Waals surface area contributed by atoms with Crippen LogP contribution in [0.15, 0.2) is 91.0 Å². The van der Waals surface area contributed by atoms with E-state index in [0.29, 0.717) is 0 Å². The highest BCUT2D eigenvalue weighted by Crippen LogP contribution is 2.28. The lowest BCUT2D eigenvalue weighted by Gasteiger charge is -2.30. The first-order chi connectivity index (χ1) is 13.6. The maximum atomic E-state index is 12.4. The summed E-state index contributed by atoms with van der Waals surface area (Å²) in [4.78, 5) is 14.4. The molecule has 0 fully saturated rings. The molecule has 0 saturated heterocycles. The Labute approximate surface area is 168 Å². The van der Waals surface area contributed by atoms with Crippen molar-refractivity contribution in [2.24, 2.45) is 0 Å². The van der Waals surface area contributed by atoms with Gasteiger partial charge in [0, 0.05) is 25.4 Å². The largest absolute Gasteiger partial charge is 0.340 e. The van der Waals surface area contributed by atoms with Gasteiger partial charge in [-0.15, -0.1) is 0 Å². The molecule has 0 bridgehead atoms. The van der Waals surface area contributed by atoms with E-state index >= 15 is 0 Å². The third kappa shape index (κ3) is 5.32. The zero-order valence-corrected chi connectivity index (χ0v) is 16.8. The molecule has 3 aromatic rings. The molecule has 0 aliphatic rings. The Bertz CT molecular complexity index is 806. The lowest BCUT2D eigenvalue weighted by Crippen LogP contribution is -2.39. The monoisotopic (exact) mass is 371 g/mol. The Kier molecular flexibility index (Phi) is 7.02.